The molecule has 0 bridgehead atoms. The van der Waals surface area contributed by atoms with Crippen LogP contribution < -0.4 is 16.0 Å². The molecule has 1 aromatic carbocycles. The van der Waals surface area contributed by atoms with Crippen LogP contribution in [0.5, 0.6) is 0 Å². The van der Waals surface area contributed by atoms with Gasteiger partial charge < -0.3 is 16.0 Å². The molecule has 0 atom stereocenters. The van der Waals surface area contributed by atoms with Gasteiger partial charge in [0.05, 0.1) is 22.5 Å². The lowest BCUT2D eigenvalue weighted by Crippen LogP contribution is -2.55. The molecule has 0 radical (unpaired) electrons. The number of piperidine rings is 1. The predicted octanol–water partition coefficient (Wildman–Crippen LogP) is 4.88. The average molecular weight is 433 g/mol. The molecule has 0 spiro atoms. The van der Waals surface area contributed by atoms with E-state index >= 15 is 0 Å². The van der Waals surface area contributed by atoms with Crippen LogP contribution in [0.1, 0.15) is 43.9 Å². The fourth-order valence-electron chi connectivity index (χ4n) is 3.88. The summed E-state index contributed by atoms with van der Waals surface area (Å²) in [5.74, 6) is 0. The summed E-state index contributed by atoms with van der Waals surface area (Å²) in [5, 5.41) is 10.5. The van der Waals surface area contributed by atoms with E-state index < -0.39 is 11.7 Å². The molecule has 4 nitrogen and oxygen atoms in total. The highest BCUT2D eigenvalue weighted by Gasteiger charge is 2.34. The number of alkyl halides is 3. The van der Waals surface area contributed by atoms with Crippen molar-refractivity contribution in [2.75, 3.05) is 19.6 Å². The summed E-state index contributed by atoms with van der Waals surface area (Å²) in [6.45, 7) is 9.68. The van der Waals surface area contributed by atoms with Gasteiger partial charge in [-0.2, -0.15) is 13.2 Å². The van der Waals surface area contributed by atoms with Crippen LogP contribution in [0.4, 0.5) is 13.2 Å². The van der Waals surface area contributed by atoms with E-state index in [9.17, 15) is 13.2 Å². The molecule has 0 saturated carbocycles. The predicted molar refractivity (Wildman–Crippen MR) is 118 cm³/mol. The second-order valence-electron chi connectivity index (χ2n) is 8.04. The maximum atomic E-state index is 13.1. The van der Waals surface area contributed by atoms with Crippen molar-refractivity contribution in [1.29, 1.82) is 0 Å². The number of unbranched alkanes of at least 4 members (excludes halogenated alkanes) is 1. The van der Waals surface area contributed by atoms with Crippen LogP contribution in [0, 0.1) is 0 Å². The van der Waals surface area contributed by atoms with Crippen LogP contribution in [0.15, 0.2) is 54.7 Å². The summed E-state index contributed by atoms with van der Waals surface area (Å²) in [6.07, 6.45) is -0.333. The third-order valence-corrected chi connectivity index (χ3v) is 5.80. The molecular formula is C24H31F3N4. The van der Waals surface area contributed by atoms with Gasteiger partial charge in [0.15, 0.2) is 0 Å². The Kier molecular flexibility index (Phi) is 7.73. The maximum Gasteiger partial charge on any atom is 0.416 e. The van der Waals surface area contributed by atoms with Crippen LogP contribution in [0.3, 0.4) is 0 Å². The minimum Gasteiger partial charge on any atom is -0.387 e. The van der Waals surface area contributed by atoms with Gasteiger partial charge in [-0.1, -0.05) is 38.1 Å². The molecule has 1 aliphatic rings. The lowest BCUT2D eigenvalue weighted by molar-refractivity contribution is -0.137. The Labute approximate surface area is 182 Å². The van der Waals surface area contributed by atoms with Crippen LogP contribution in [0.2, 0.25) is 0 Å². The Morgan fingerprint density at radius 2 is 1.90 bits per heavy atom. The van der Waals surface area contributed by atoms with Crippen molar-refractivity contribution in [3.8, 4) is 11.3 Å². The van der Waals surface area contributed by atoms with E-state index in [2.05, 4.69) is 34.4 Å². The minimum absolute atomic E-state index is 0.229. The Morgan fingerprint density at radius 3 is 2.61 bits per heavy atom. The summed E-state index contributed by atoms with van der Waals surface area (Å²) in [6, 6.07) is 10.8. The van der Waals surface area contributed by atoms with Gasteiger partial charge in [-0.05, 0) is 56.6 Å². The molecule has 1 aromatic heterocycles. The fourth-order valence-corrected chi connectivity index (χ4v) is 3.88. The van der Waals surface area contributed by atoms with Crippen molar-refractivity contribution < 1.29 is 13.2 Å². The standard InChI is InChI=1S/C24H31F3N4/c1-3-4-13-29-18(2)23(11-14-28-15-12-23)30-17-21-9-6-10-22(31-21)19-7-5-8-20(16-19)24(25,26)27/h5-10,16,28-30H,2-4,11-15,17H2,1H3. The normalized spacial score (nSPS) is 16.1. The molecule has 1 aliphatic heterocycles. The number of hydrogen-bond acceptors (Lipinski definition) is 4. The molecular weight excluding hydrogens is 401 g/mol. The lowest BCUT2D eigenvalue weighted by Gasteiger charge is -2.40. The molecule has 0 amide bonds. The number of aromatic nitrogens is 1. The van der Waals surface area contributed by atoms with E-state index in [4.69, 9.17) is 0 Å². The highest BCUT2D eigenvalue weighted by atomic mass is 19.4. The summed E-state index contributed by atoms with van der Waals surface area (Å²) in [4.78, 5) is 4.62. The molecule has 2 aromatic rings. The molecule has 168 valence electrons. The smallest absolute Gasteiger partial charge is 0.387 e. The molecule has 7 heteroatoms. The van der Waals surface area contributed by atoms with E-state index in [0.29, 0.717) is 17.8 Å². The maximum absolute atomic E-state index is 13.1. The van der Waals surface area contributed by atoms with Gasteiger partial charge in [-0.3, -0.25) is 4.98 Å². The second-order valence-corrected chi connectivity index (χ2v) is 8.04. The first kappa shape index (κ1) is 23.3. The highest BCUT2D eigenvalue weighted by Crippen LogP contribution is 2.32. The zero-order valence-corrected chi connectivity index (χ0v) is 18.0. The Bertz CT molecular complexity index is 873. The van der Waals surface area contributed by atoms with Crippen LogP contribution >= 0.6 is 0 Å². The van der Waals surface area contributed by atoms with E-state index in [1.165, 1.54) is 6.07 Å². The molecule has 31 heavy (non-hydrogen) atoms. The summed E-state index contributed by atoms with van der Waals surface area (Å²) in [7, 11) is 0. The first-order chi connectivity index (χ1) is 14.8. The van der Waals surface area contributed by atoms with Crippen molar-refractivity contribution in [2.45, 2.75) is 50.9 Å². The van der Waals surface area contributed by atoms with Gasteiger partial charge in [0.1, 0.15) is 0 Å². The molecule has 1 fully saturated rings. The number of pyridine rings is 1. The van der Waals surface area contributed by atoms with Crippen LogP contribution in [0.25, 0.3) is 11.3 Å². The zero-order chi connectivity index (χ0) is 22.3. The van der Waals surface area contributed by atoms with Gasteiger partial charge >= 0.3 is 6.18 Å². The van der Waals surface area contributed by atoms with Crippen molar-refractivity contribution in [3.63, 3.8) is 0 Å². The van der Waals surface area contributed by atoms with Crippen molar-refractivity contribution in [1.82, 2.24) is 20.9 Å². The highest BCUT2D eigenvalue weighted by molar-refractivity contribution is 5.60. The van der Waals surface area contributed by atoms with Crippen LogP contribution in [-0.4, -0.2) is 30.2 Å². The summed E-state index contributed by atoms with van der Waals surface area (Å²) in [5.41, 5.74) is 1.88. The number of nitrogens with one attached hydrogen (secondary N) is 3. The topological polar surface area (TPSA) is 49.0 Å². The van der Waals surface area contributed by atoms with Gasteiger partial charge in [-0.15, -0.1) is 0 Å². The number of rotatable bonds is 9. The second kappa shape index (κ2) is 10.3. The number of halogens is 3. The molecule has 0 unspecified atom stereocenters. The molecule has 2 heterocycles. The Balaban J connectivity index is 1.74. The lowest BCUT2D eigenvalue weighted by atomic mass is 9.85. The third kappa shape index (κ3) is 6.08. The van der Waals surface area contributed by atoms with E-state index in [1.54, 1.807) is 12.1 Å². The first-order valence-corrected chi connectivity index (χ1v) is 10.9. The zero-order valence-electron chi connectivity index (χ0n) is 18.0. The van der Waals surface area contributed by atoms with Crippen molar-refractivity contribution >= 4 is 0 Å². The largest absolute Gasteiger partial charge is 0.416 e. The van der Waals surface area contributed by atoms with E-state index in [-0.39, 0.29) is 5.54 Å². The summed E-state index contributed by atoms with van der Waals surface area (Å²) >= 11 is 0. The molecule has 1 saturated heterocycles. The van der Waals surface area contributed by atoms with Gasteiger partial charge in [0.25, 0.3) is 0 Å². The fraction of sp³-hybridized carbons (Fsp3) is 0.458. The number of hydrogen-bond donors (Lipinski definition) is 3. The van der Waals surface area contributed by atoms with Gasteiger partial charge in [0.2, 0.25) is 0 Å². The van der Waals surface area contributed by atoms with Gasteiger partial charge in [-0.25, -0.2) is 0 Å². The molecule has 3 N–H and O–H groups in total. The van der Waals surface area contributed by atoms with E-state index in [1.807, 2.05) is 12.1 Å². The number of benzene rings is 1. The minimum atomic E-state index is -4.37. The van der Waals surface area contributed by atoms with Gasteiger partial charge in [0, 0.05) is 24.4 Å². The average Bonchev–Trinajstić information content (AvgIpc) is 2.78. The number of nitrogens with zero attached hydrogens (tertiary/aromatic N) is 1. The first-order valence-electron chi connectivity index (χ1n) is 10.9. The quantitative estimate of drug-likeness (QED) is 0.494. The SMILES string of the molecule is C=C(NCCCC)C1(NCc2cccc(-c3cccc(C(F)(F)F)c3)n2)CCNCC1. The van der Waals surface area contributed by atoms with Crippen molar-refractivity contribution in [3.05, 3.63) is 66.0 Å². The molecule has 0 aliphatic carbocycles. The summed E-state index contributed by atoms with van der Waals surface area (Å²) < 4.78 is 39.2. The Hall–Kier alpha value is -2.38. The monoisotopic (exact) mass is 432 g/mol. The van der Waals surface area contributed by atoms with E-state index in [0.717, 1.165) is 68.8 Å². The molecule has 3 rings (SSSR count). The Morgan fingerprint density at radius 1 is 1.16 bits per heavy atom. The third-order valence-electron chi connectivity index (χ3n) is 5.80. The van der Waals surface area contributed by atoms with Crippen LogP contribution in [-0.2, 0) is 12.7 Å². The van der Waals surface area contributed by atoms with Crippen molar-refractivity contribution in [2.24, 2.45) is 0 Å².